The van der Waals surface area contributed by atoms with Crippen LogP contribution in [0, 0.1) is 0 Å². The van der Waals surface area contributed by atoms with Gasteiger partial charge >= 0.3 is 6.03 Å². The Balaban J connectivity index is 1.59. The zero-order valence-corrected chi connectivity index (χ0v) is 20.6. The summed E-state index contributed by atoms with van der Waals surface area (Å²) in [7, 11) is 3.11. The Hall–Kier alpha value is -4.33. The van der Waals surface area contributed by atoms with Crippen LogP contribution in [0.4, 0.5) is 16.2 Å². The molecule has 0 spiro atoms. The van der Waals surface area contributed by atoms with Crippen molar-refractivity contribution in [2.24, 2.45) is 0 Å². The first-order valence-electron chi connectivity index (χ1n) is 11.7. The molecule has 0 aromatic heterocycles. The van der Waals surface area contributed by atoms with E-state index in [1.165, 1.54) is 4.90 Å². The van der Waals surface area contributed by atoms with E-state index in [1.54, 1.807) is 50.6 Å². The number of hydrogen-bond acceptors (Lipinski definition) is 5. The first-order valence-corrected chi connectivity index (χ1v) is 11.7. The summed E-state index contributed by atoms with van der Waals surface area (Å²) < 4.78 is 10.5. The summed E-state index contributed by atoms with van der Waals surface area (Å²) in [6, 6.07) is 20.0. The van der Waals surface area contributed by atoms with Crippen molar-refractivity contribution < 1.29 is 23.9 Å². The Bertz CT molecular complexity index is 1240. The Morgan fingerprint density at radius 1 is 0.889 bits per heavy atom. The number of carbonyl (C=O) groups excluding carboxylic acids is 3. The highest BCUT2D eigenvalue weighted by atomic mass is 16.5. The van der Waals surface area contributed by atoms with Crippen LogP contribution in [0.15, 0.2) is 72.8 Å². The lowest BCUT2D eigenvalue weighted by Gasteiger charge is -2.22. The monoisotopic (exact) mass is 487 g/mol. The van der Waals surface area contributed by atoms with Gasteiger partial charge in [0.2, 0.25) is 5.91 Å². The summed E-state index contributed by atoms with van der Waals surface area (Å²) in [5.41, 5.74) is 3.00. The number of methoxy groups -OCH3 is 2. The molecule has 3 aromatic carbocycles. The molecule has 1 atom stereocenters. The number of benzene rings is 3. The molecule has 0 bridgehead atoms. The van der Waals surface area contributed by atoms with Crippen LogP contribution in [0.25, 0.3) is 0 Å². The lowest BCUT2D eigenvalue weighted by Crippen LogP contribution is -2.37. The smallest absolute Gasteiger partial charge is 0.332 e. The highest BCUT2D eigenvalue weighted by molar-refractivity contribution is 6.22. The molecule has 1 aliphatic rings. The lowest BCUT2D eigenvalue weighted by atomic mass is 10.1. The fraction of sp³-hybridized carbons (Fsp3) is 0.250. The average Bonchev–Trinajstić information content (AvgIpc) is 3.13. The van der Waals surface area contributed by atoms with E-state index < -0.39 is 18.0 Å². The van der Waals surface area contributed by atoms with Gasteiger partial charge in [-0.25, -0.2) is 9.69 Å². The number of nitrogens with one attached hydrogen (secondary N) is 1. The Kier molecular flexibility index (Phi) is 7.53. The van der Waals surface area contributed by atoms with E-state index in [2.05, 4.69) is 12.2 Å². The Labute approximate surface area is 210 Å². The molecular weight excluding hydrogens is 458 g/mol. The van der Waals surface area contributed by atoms with Gasteiger partial charge in [-0.2, -0.15) is 0 Å². The van der Waals surface area contributed by atoms with Crippen LogP contribution < -0.4 is 19.7 Å². The Morgan fingerprint density at radius 3 is 2.22 bits per heavy atom. The van der Waals surface area contributed by atoms with Gasteiger partial charge in [-0.3, -0.25) is 9.59 Å². The molecule has 1 N–H and O–H groups in total. The molecule has 0 aliphatic carbocycles. The Morgan fingerprint density at radius 2 is 1.58 bits per heavy atom. The minimum atomic E-state index is -0.958. The number of anilines is 2. The van der Waals surface area contributed by atoms with E-state index in [0.717, 1.165) is 22.4 Å². The predicted octanol–water partition coefficient (Wildman–Crippen LogP) is 4.63. The number of amides is 4. The third-order valence-electron chi connectivity index (χ3n) is 6.16. The summed E-state index contributed by atoms with van der Waals surface area (Å²) in [6.07, 6.45) is 0.726. The van der Waals surface area contributed by atoms with Crippen LogP contribution in [0.2, 0.25) is 0 Å². The fourth-order valence-corrected chi connectivity index (χ4v) is 4.16. The number of ether oxygens (including phenoxy) is 2. The molecule has 0 unspecified atom stereocenters. The molecule has 4 amide bonds. The molecule has 8 nitrogen and oxygen atoms in total. The quantitative estimate of drug-likeness (QED) is 0.445. The van der Waals surface area contributed by atoms with Crippen molar-refractivity contribution in [3.8, 4) is 11.5 Å². The number of aryl methyl sites for hydroxylation is 1. The summed E-state index contributed by atoms with van der Waals surface area (Å²) in [4.78, 5) is 42.5. The number of imide groups is 1. The van der Waals surface area contributed by atoms with Gasteiger partial charge < -0.3 is 19.7 Å². The summed E-state index contributed by atoms with van der Waals surface area (Å²) >= 11 is 0. The van der Waals surface area contributed by atoms with Crippen molar-refractivity contribution in [1.29, 1.82) is 0 Å². The topological polar surface area (TPSA) is 88.2 Å². The molecule has 1 saturated heterocycles. The van der Waals surface area contributed by atoms with Gasteiger partial charge in [-0.15, -0.1) is 0 Å². The molecule has 0 radical (unpaired) electrons. The fourth-order valence-electron chi connectivity index (χ4n) is 4.16. The van der Waals surface area contributed by atoms with Gasteiger partial charge in [0.15, 0.2) is 0 Å². The average molecular weight is 488 g/mol. The van der Waals surface area contributed by atoms with Crippen molar-refractivity contribution in [1.82, 2.24) is 4.90 Å². The second-order valence-corrected chi connectivity index (χ2v) is 8.45. The van der Waals surface area contributed by atoms with Crippen LogP contribution >= 0.6 is 0 Å². The molecule has 4 rings (SSSR count). The molecule has 1 aliphatic heterocycles. The molecule has 186 valence electrons. The minimum absolute atomic E-state index is 0.150. The molecule has 0 saturated carbocycles. The summed E-state index contributed by atoms with van der Waals surface area (Å²) in [5, 5.41) is 2.84. The first-order chi connectivity index (χ1) is 17.4. The number of rotatable bonds is 9. The van der Waals surface area contributed by atoms with Crippen LogP contribution in [-0.2, 0) is 22.6 Å². The van der Waals surface area contributed by atoms with Crippen LogP contribution in [0.1, 0.15) is 24.5 Å². The highest BCUT2D eigenvalue weighted by Crippen LogP contribution is 2.30. The molecule has 3 aromatic rings. The van der Waals surface area contributed by atoms with Crippen molar-refractivity contribution >= 4 is 29.2 Å². The lowest BCUT2D eigenvalue weighted by molar-refractivity contribution is -0.124. The van der Waals surface area contributed by atoms with Crippen LogP contribution in [0.3, 0.4) is 0 Å². The summed E-state index contributed by atoms with van der Waals surface area (Å²) in [6.45, 7) is 2.21. The summed E-state index contributed by atoms with van der Waals surface area (Å²) in [5.74, 6) is 0.445. The van der Waals surface area contributed by atoms with E-state index in [0.29, 0.717) is 22.9 Å². The van der Waals surface area contributed by atoms with E-state index >= 15 is 0 Å². The second kappa shape index (κ2) is 10.9. The minimum Gasteiger partial charge on any atom is -0.497 e. The van der Waals surface area contributed by atoms with Gasteiger partial charge in [0.25, 0.3) is 5.91 Å². The van der Waals surface area contributed by atoms with Gasteiger partial charge in [0.1, 0.15) is 17.5 Å². The molecule has 1 heterocycles. The molecule has 1 fully saturated rings. The normalized spacial score (nSPS) is 15.2. The number of nitrogens with zero attached hydrogens (tertiary/aromatic N) is 2. The maximum atomic E-state index is 13.5. The third kappa shape index (κ3) is 5.33. The van der Waals surface area contributed by atoms with Gasteiger partial charge in [-0.1, -0.05) is 31.2 Å². The first kappa shape index (κ1) is 24.8. The molecule has 8 heteroatoms. The van der Waals surface area contributed by atoms with Gasteiger partial charge in [0, 0.05) is 12.2 Å². The zero-order valence-electron chi connectivity index (χ0n) is 20.6. The van der Waals surface area contributed by atoms with Crippen molar-refractivity contribution in [2.45, 2.75) is 32.4 Å². The van der Waals surface area contributed by atoms with Gasteiger partial charge in [0.05, 0.1) is 26.3 Å². The SMILES string of the molecule is CCc1ccc(NC(=O)C[C@@H]2C(=O)N(c3ccc(OC)cc3)C(=O)N2Cc2cccc(OC)c2)cc1. The van der Waals surface area contributed by atoms with Gasteiger partial charge in [-0.05, 0) is 66.1 Å². The third-order valence-corrected chi connectivity index (χ3v) is 6.16. The standard InChI is InChI=1S/C28H29N3O5/c1-4-19-8-10-21(11-9-19)29-26(32)17-25-27(33)31(22-12-14-23(35-2)15-13-22)28(34)30(25)18-20-6-5-7-24(16-20)36-3/h5-16,25H,4,17-18H2,1-3H3,(H,29,32)/t25-/m1/s1. The maximum absolute atomic E-state index is 13.5. The highest BCUT2D eigenvalue weighted by Gasteiger charge is 2.46. The number of carbonyl (C=O) groups is 3. The van der Waals surface area contributed by atoms with Crippen LogP contribution in [0.5, 0.6) is 11.5 Å². The second-order valence-electron chi connectivity index (χ2n) is 8.45. The predicted molar refractivity (Wildman–Crippen MR) is 137 cm³/mol. The van der Waals surface area contributed by atoms with E-state index in [1.807, 2.05) is 36.4 Å². The largest absolute Gasteiger partial charge is 0.497 e. The number of urea groups is 1. The van der Waals surface area contributed by atoms with Crippen molar-refractivity contribution in [3.63, 3.8) is 0 Å². The molecule has 36 heavy (non-hydrogen) atoms. The zero-order chi connectivity index (χ0) is 25.7. The van der Waals surface area contributed by atoms with Crippen molar-refractivity contribution in [2.75, 3.05) is 24.4 Å². The van der Waals surface area contributed by atoms with Crippen molar-refractivity contribution in [3.05, 3.63) is 83.9 Å². The van der Waals surface area contributed by atoms with E-state index in [-0.39, 0.29) is 18.9 Å². The van der Waals surface area contributed by atoms with E-state index in [4.69, 9.17) is 9.47 Å². The van der Waals surface area contributed by atoms with E-state index in [9.17, 15) is 14.4 Å². The number of hydrogen-bond donors (Lipinski definition) is 1. The molecular formula is C28H29N3O5. The maximum Gasteiger partial charge on any atom is 0.332 e. The van der Waals surface area contributed by atoms with Crippen LogP contribution in [-0.4, -0.2) is 43.0 Å².